The average molecular weight is 293 g/mol. The molecule has 2 rings (SSSR count). The van der Waals surface area contributed by atoms with E-state index in [1.54, 1.807) is 6.07 Å². The summed E-state index contributed by atoms with van der Waals surface area (Å²) in [6.45, 7) is 0.137. The number of rotatable bonds is 7. The molecule has 1 aliphatic rings. The van der Waals surface area contributed by atoms with Crippen molar-refractivity contribution in [3.05, 3.63) is 42.2 Å². The first-order valence-electron chi connectivity index (χ1n) is 7.13. The van der Waals surface area contributed by atoms with Gasteiger partial charge >= 0.3 is 0 Å². The van der Waals surface area contributed by atoms with Crippen molar-refractivity contribution in [1.82, 2.24) is 5.32 Å². The van der Waals surface area contributed by atoms with Gasteiger partial charge in [-0.2, -0.15) is 0 Å². The van der Waals surface area contributed by atoms with Gasteiger partial charge in [0.2, 0.25) is 5.91 Å². The van der Waals surface area contributed by atoms with Crippen molar-refractivity contribution in [3.63, 3.8) is 0 Å². The van der Waals surface area contributed by atoms with Gasteiger partial charge in [0.05, 0.1) is 0 Å². The summed E-state index contributed by atoms with van der Waals surface area (Å²) in [5.41, 5.74) is 0. The van der Waals surface area contributed by atoms with Crippen LogP contribution in [-0.2, 0) is 4.79 Å². The van der Waals surface area contributed by atoms with Gasteiger partial charge in [-0.1, -0.05) is 18.2 Å². The van der Waals surface area contributed by atoms with Crippen molar-refractivity contribution in [3.8, 4) is 5.75 Å². The summed E-state index contributed by atoms with van der Waals surface area (Å²) in [5, 5.41) is 12.4. The highest BCUT2D eigenvalue weighted by Gasteiger charge is 2.15. The number of halogens is 1. The third-order valence-electron chi connectivity index (χ3n) is 3.33. The number of carbonyl (C=O) groups excluding carboxylic acids is 1. The number of benzene rings is 1. The number of hydrogen-bond donors (Lipinski definition) is 2. The Kier molecular flexibility index (Phi) is 5.75. The lowest BCUT2D eigenvalue weighted by Crippen LogP contribution is -2.35. The van der Waals surface area contributed by atoms with E-state index >= 15 is 0 Å². The zero-order valence-corrected chi connectivity index (χ0v) is 11.8. The van der Waals surface area contributed by atoms with Gasteiger partial charge in [0.15, 0.2) is 0 Å². The molecule has 1 aromatic rings. The molecule has 0 radical (unpaired) electrons. The molecular formula is C16H20FNO3. The Morgan fingerprint density at radius 3 is 3.10 bits per heavy atom. The monoisotopic (exact) mass is 293 g/mol. The average Bonchev–Trinajstić information content (AvgIpc) is 2.96. The first-order chi connectivity index (χ1) is 10.1. The van der Waals surface area contributed by atoms with Gasteiger partial charge in [0, 0.05) is 19.0 Å². The van der Waals surface area contributed by atoms with Crippen LogP contribution in [0.15, 0.2) is 36.4 Å². The van der Waals surface area contributed by atoms with Crippen molar-refractivity contribution in [2.75, 3.05) is 13.2 Å². The number of nitrogens with one attached hydrogen (secondary N) is 1. The van der Waals surface area contributed by atoms with Crippen molar-refractivity contribution in [1.29, 1.82) is 0 Å². The molecule has 0 saturated carbocycles. The Morgan fingerprint density at radius 1 is 1.52 bits per heavy atom. The number of allylic oxidation sites excluding steroid dienone is 2. The number of hydrogen-bond acceptors (Lipinski definition) is 3. The SMILES string of the molecule is O=C(CC1C=CCC1)NCC(O)COc1cccc(F)c1. The molecule has 0 bridgehead atoms. The normalized spacial score (nSPS) is 18.5. The third kappa shape index (κ3) is 5.55. The molecule has 0 saturated heterocycles. The van der Waals surface area contributed by atoms with E-state index in [0.717, 1.165) is 12.8 Å². The lowest BCUT2D eigenvalue weighted by atomic mass is 10.1. The molecule has 0 aliphatic heterocycles. The highest BCUT2D eigenvalue weighted by Crippen LogP contribution is 2.19. The molecule has 114 valence electrons. The summed E-state index contributed by atoms with van der Waals surface area (Å²) >= 11 is 0. The van der Waals surface area contributed by atoms with Crippen molar-refractivity contribution < 1.29 is 19.0 Å². The molecule has 1 amide bonds. The van der Waals surface area contributed by atoms with Crippen molar-refractivity contribution >= 4 is 5.91 Å². The maximum Gasteiger partial charge on any atom is 0.220 e. The molecule has 2 unspecified atom stereocenters. The van der Waals surface area contributed by atoms with Gasteiger partial charge in [-0.05, 0) is 30.9 Å². The quantitative estimate of drug-likeness (QED) is 0.756. The van der Waals surface area contributed by atoms with Crippen LogP contribution in [0, 0.1) is 11.7 Å². The number of ether oxygens (including phenoxy) is 1. The number of aliphatic hydroxyl groups is 1. The standard InChI is InChI=1S/C16H20FNO3/c17-13-6-3-7-15(9-13)21-11-14(19)10-18-16(20)8-12-4-1-2-5-12/h1,3-4,6-7,9,12,14,19H,2,5,8,10-11H2,(H,18,20). The van der Waals surface area contributed by atoms with Crippen LogP contribution in [0.25, 0.3) is 0 Å². The summed E-state index contributed by atoms with van der Waals surface area (Å²) in [6.07, 6.45) is 5.81. The molecule has 21 heavy (non-hydrogen) atoms. The van der Waals surface area contributed by atoms with Crippen LogP contribution in [0.5, 0.6) is 5.75 Å². The van der Waals surface area contributed by atoms with E-state index in [0.29, 0.717) is 18.1 Å². The minimum absolute atomic E-state index is 0.00701. The van der Waals surface area contributed by atoms with E-state index in [1.165, 1.54) is 18.2 Å². The first-order valence-corrected chi connectivity index (χ1v) is 7.13. The Hall–Kier alpha value is -1.88. The van der Waals surface area contributed by atoms with Crippen LogP contribution in [0.4, 0.5) is 4.39 Å². The Morgan fingerprint density at radius 2 is 2.38 bits per heavy atom. The maximum atomic E-state index is 12.9. The lowest BCUT2D eigenvalue weighted by molar-refractivity contribution is -0.122. The number of aliphatic hydroxyl groups excluding tert-OH is 1. The van der Waals surface area contributed by atoms with E-state index in [1.807, 2.05) is 0 Å². The van der Waals surface area contributed by atoms with Gasteiger partial charge < -0.3 is 15.2 Å². The number of carbonyl (C=O) groups is 1. The maximum absolute atomic E-state index is 12.9. The first kappa shape index (κ1) is 15.5. The van der Waals surface area contributed by atoms with Crippen molar-refractivity contribution in [2.24, 2.45) is 5.92 Å². The second kappa shape index (κ2) is 7.78. The van der Waals surface area contributed by atoms with E-state index in [9.17, 15) is 14.3 Å². The van der Waals surface area contributed by atoms with Crippen LogP contribution in [0.2, 0.25) is 0 Å². The molecule has 2 atom stereocenters. The van der Waals surface area contributed by atoms with Crippen LogP contribution in [-0.4, -0.2) is 30.3 Å². The van der Waals surface area contributed by atoms with Crippen LogP contribution in [0.1, 0.15) is 19.3 Å². The fourth-order valence-corrected chi connectivity index (χ4v) is 2.22. The summed E-state index contributed by atoms with van der Waals surface area (Å²) in [4.78, 5) is 11.7. The molecular weight excluding hydrogens is 273 g/mol. The Labute approximate surface area is 123 Å². The van der Waals surface area contributed by atoms with E-state index in [-0.39, 0.29) is 24.9 Å². The molecule has 4 nitrogen and oxygen atoms in total. The van der Waals surface area contributed by atoms with E-state index in [4.69, 9.17) is 4.74 Å². The third-order valence-corrected chi connectivity index (χ3v) is 3.33. The minimum atomic E-state index is -0.823. The highest BCUT2D eigenvalue weighted by atomic mass is 19.1. The molecule has 0 aromatic heterocycles. The Bertz CT molecular complexity index is 504. The van der Waals surface area contributed by atoms with Crippen LogP contribution in [0.3, 0.4) is 0 Å². The summed E-state index contributed by atoms with van der Waals surface area (Å²) < 4.78 is 18.2. The summed E-state index contributed by atoms with van der Waals surface area (Å²) in [6, 6.07) is 5.72. The second-order valence-corrected chi connectivity index (χ2v) is 5.20. The van der Waals surface area contributed by atoms with E-state index in [2.05, 4.69) is 17.5 Å². The summed E-state index contributed by atoms with van der Waals surface area (Å²) in [5.74, 6) is 0.207. The fourth-order valence-electron chi connectivity index (χ4n) is 2.22. The predicted octanol–water partition coefficient (Wildman–Crippen LogP) is 2.04. The smallest absolute Gasteiger partial charge is 0.220 e. The van der Waals surface area contributed by atoms with Crippen LogP contribution >= 0.6 is 0 Å². The Balaban J connectivity index is 1.63. The van der Waals surface area contributed by atoms with Crippen LogP contribution < -0.4 is 10.1 Å². The molecule has 1 aliphatic carbocycles. The van der Waals surface area contributed by atoms with Gasteiger partial charge in [-0.3, -0.25) is 4.79 Å². The molecule has 2 N–H and O–H groups in total. The van der Waals surface area contributed by atoms with Crippen molar-refractivity contribution in [2.45, 2.75) is 25.4 Å². The predicted molar refractivity (Wildman–Crippen MR) is 77.4 cm³/mol. The van der Waals surface area contributed by atoms with E-state index < -0.39 is 6.10 Å². The molecule has 1 aromatic carbocycles. The van der Waals surface area contributed by atoms with Gasteiger partial charge in [0.25, 0.3) is 0 Å². The minimum Gasteiger partial charge on any atom is -0.491 e. The number of amides is 1. The lowest BCUT2D eigenvalue weighted by Gasteiger charge is -2.14. The molecule has 0 spiro atoms. The molecule has 0 fully saturated rings. The second-order valence-electron chi connectivity index (χ2n) is 5.20. The molecule has 0 heterocycles. The fraction of sp³-hybridized carbons (Fsp3) is 0.438. The highest BCUT2D eigenvalue weighted by molar-refractivity contribution is 5.76. The largest absolute Gasteiger partial charge is 0.491 e. The van der Waals surface area contributed by atoms with Gasteiger partial charge in [0.1, 0.15) is 24.3 Å². The topological polar surface area (TPSA) is 58.6 Å². The zero-order valence-electron chi connectivity index (χ0n) is 11.8. The van der Waals surface area contributed by atoms with Gasteiger partial charge in [-0.15, -0.1) is 0 Å². The zero-order chi connectivity index (χ0) is 15.1. The van der Waals surface area contributed by atoms with Gasteiger partial charge in [-0.25, -0.2) is 4.39 Å². The molecule has 5 heteroatoms. The summed E-state index contributed by atoms with van der Waals surface area (Å²) in [7, 11) is 0.